The maximum Gasteiger partial charge on any atom is 0.320 e. The predicted octanol–water partition coefficient (Wildman–Crippen LogP) is -0.685. The van der Waals surface area contributed by atoms with Crippen LogP contribution >= 0.6 is 0 Å². The standard InChI is InChI=1S/C7H14N2O3/c1-9-5(7(11)12)3-2-4-6(8)10/h5,9H,2-4H2,1H3,(H2,8,10)(H,11,12). The minimum atomic E-state index is -0.901. The second-order valence-corrected chi connectivity index (χ2v) is 2.54. The van der Waals surface area contributed by atoms with Crippen LogP contribution in [0.5, 0.6) is 0 Å². The number of likely N-dealkylation sites (N-methyl/N-ethyl adjacent to an activating group) is 1. The molecule has 0 aromatic carbocycles. The largest absolute Gasteiger partial charge is 0.480 e. The number of hydrogen-bond donors (Lipinski definition) is 3. The summed E-state index contributed by atoms with van der Waals surface area (Å²) in [5.41, 5.74) is 4.89. The van der Waals surface area contributed by atoms with Crippen LogP contribution in [0.1, 0.15) is 19.3 Å². The molecule has 0 aliphatic carbocycles. The number of carboxylic acids is 1. The third-order valence-electron chi connectivity index (χ3n) is 1.56. The summed E-state index contributed by atoms with van der Waals surface area (Å²) in [7, 11) is 1.57. The van der Waals surface area contributed by atoms with Gasteiger partial charge in [-0.15, -0.1) is 0 Å². The van der Waals surface area contributed by atoms with E-state index in [2.05, 4.69) is 5.32 Å². The van der Waals surface area contributed by atoms with Crippen LogP contribution < -0.4 is 11.1 Å². The zero-order valence-electron chi connectivity index (χ0n) is 7.04. The zero-order valence-corrected chi connectivity index (χ0v) is 7.04. The van der Waals surface area contributed by atoms with E-state index in [4.69, 9.17) is 10.8 Å². The number of hydrogen-bond acceptors (Lipinski definition) is 3. The molecule has 0 heterocycles. The van der Waals surface area contributed by atoms with E-state index in [0.717, 1.165) is 0 Å². The molecule has 0 saturated carbocycles. The number of carbonyl (C=O) groups is 2. The first kappa shape index (κ1) is 10.9. The van der Waals surface area contributed by atoms with Gasteiger partial charge in [-0.3, -0.25) is 9.59 Å². The van der Waals surface area contributed by atoms with Crippen LogP contribution in [0.2, 0.25) is 0 Å². The second-order valence-electron chi connectivity index (χ2n) is 2.54. The first-order valence-corrected chi connectivity index (χ1v) is 3.76. The Morgan fingerprint density at radius 3 is 2.50 bits per heavy atom. The van der Waals surface area contributed by atoms with Crippen molar-refractivity contribution in [1.29, 1.82) is 0 Å². The SMILES string of the molecule is CNC(CCCC(N)=O)C(=O)O. The summed E-state index contributed by atoms with van der Waals surface area (Å²) in [6.45, 7) is 0. The monoisotopic (exact) mass is 174 g/mol. The van der Waals surface area contributed by atoms with E-state index in [9.17, 15) is 9.59 Å². The van der Waals surface area contributed by atoms with Crippen LogP contribution in [-0.4, -0.2) is 30.1 Å². The molecule has 0 radical (unpaired) electrons. The van der Waals surface area contributed by atoms with Gasteiger partial charge in [-0.25, -0.2) is 0 Å². The van der Waals surface area contributed by atoms with E-state index in [1.54, 1.807) is 7.05 Å². The number of carbonyl (C=O) groups excluding carboxylic acids is 1. The van der Waals surface area contributed by atoms with Crippen LogP contribution in [-0.2, 0) is 9.59 Å². The molecule has 0 aromatic rings. The molecule has 5 heteroatoms. The Bertz CT molecular complexity index is 170. The van der Waals surface area contributed by atoms with Crippen molar-refractivity contribution in [2.24, 2.45) is 5.73 Å². The van der Waals surface area contributed by atoms with Gasteiger partial charge >= 0.3 is 5.97 Å². The topological polar surface area (TPSA) is 92.4 Å². The van der Waals surface area contributed by atoms with Crippen molar-refractivity contribution in [2.75, 3.05) is 7.05 Å². The first-order valence-electron chi connectivity index (χ1n) is 3.76. The van der Waals surface area contributed by atoms with Crippen molar-refractivity contribution in [1.82, 2.24) is 5.32 Å². The molecule has 5 nitrogen and oxygen atoms in total. The average molecular weight is 174 g/mol. The highest BCUT2D eigenvalue weighted by atomic mass is 16.4. The lowest BCUT2D eigenvalue weighted by Crippen LogP contribution is -2.33. The number of aliphatic carboxylic acids is 1. The van der Waals surface area contributed by atoms with Gasteiger partial charge in [0.15, 0.2) is 0 Å². The van der Waals surface area contributed by atoms with Gasteiger partial charge in [0.2, 0.25) is 5.91 Å². The van der Waals surface area contributed by atoms with E-state index in [0.29, 0.717) is 12.8 Å². The Kier molecular flexibility index (Phi) is 5.03. The van der Waals surface area contributed by atoms with Gasteiger partial charge in [0.1, 0.15) is 6.04 Å². The van der Waals surface area contributed by atoms with Crippen LogP contribution in [0.25, 0.3) is 0 Å². The molecule has 1 unspecified atom stereocenters. The molecule has 0 rings (SSSR count). The Balaban J connectivity index is 3.59. The lowest BCUT2D eigenvalue weighted by Gasteiger charge is -2.09. The fraction of sp³-hybridized carbons (Fsp3) is 0.714. The highest BCUT2D eigenvalue weighted by Crippen LogP contribution is 1.99. The minimum absolute atomic E-state index is 0.242. The first-order chi connectivity index (χ1) is 5.57. The van der Waals surface area contributed by atoms with Gasteiger partial charge in [0.05, 0.1) is 0 Å². The number of amides is 1. The van der Waals surface area contributed by atoms with Crippen LogP contribution in [0.15, 0.2) is 0 Å². The van der Waals surface area contributed by atoms with Gasteiger partial charge in [-0.2, -0.15) is 0 Å². The molecule has 0 fully saturated rings. The summed E-state index contributed by atoms with van der Waals surface area (Å²) in [6.07, 6.45) is 1.17. The number of primary amides is 1. The average Bonchev–Trinajstić information content (AvgIpc) is 1.96. The number of nitrogens with two attached hydrogens (primary N) is 1. The van der Waals surface area contributed by atoms with Gasteiger partial charge in [0.25, 0.3) is 0 Å². The number of carboxylic acid groups (broad SMARTS) is 1. The molecular formula is C7H14N2O3. The summed E-state index contributed by atoms with van der Waals surface area (Å²) in [6, 6.07) is -0.579. The maximum atomic E-state index is 10.4. The molecule has 0 aromatic heterocycles. The Morgan fingerprint density at radius 2 is 2.17 bits per heavy atom. The molecular weight excluding hydrogens is 160 g/mol. The molecule has 70 valence electrons. The molecule has 4 N–H and O–H groups in total. The summed E-state index contributed by atoms with van der Waals surface area (Å²) in [5, 5.41) is 11.2. The third kappa shape index (κ3) is 4.68. The van der Waals surface area contributed by atoms with Crippen molar-refractivity contribution in [2.45, 2.75) is 25.3 Å². The molecule has 0 aliphatic heterocycles. The highest BCUT2D eigenvalue weighted by molar-refractivity contribution is 5.74. The minimum Gasteiger partial charge on any atom is -0.480 e. The lowest BCUT2D eigenvalue weighted by atomic mass is 10.1. The fourth-order valence-electron chi connectivity index (χ4n) is 0.872. The molecule has 0 saturated heterocycles. The summed E-state index contributed by atoms with van der Waals surface area (Å²) < 4.78 is 0. The predicted molar refractivity (Wildman–Crippen MR) is 43.5 cm³/mol. The number of nitrogens with one attached hydrogen (secondary N) is 1. The van der Waals surface area contributed by atoms with Crippen LogP contribution in [0, 0.1) is 0 Å². The van der Waals surface area contributed by atoms with Crippen LogP contribution in [0.3, 0.4) is 0 Å². The molecule has 0 aliphatic rings. The smallest absolute Gasteiger partial charge is 0.320 e. The van der Waals surface area contributed by atoms with Gasteiger partial charge in [0, 0.05) is 6.42 Å². The van der Waals surface area contributed by atoms with Crippen molar-refractivity contribution in [3.63, 3.8) is 0 Å². The van der Waals surface area contributed by atoms with Crippen molar-refractivity contribution in [3.8, 4) is 0 Å². The Morgan fingerprint density at radius 1 is 1.58 bits per heavy atom. The van der Waals surface area contributed by atoms with Crippen LogP contribution in [0.4, 0.5) is 0 Å². The van der Waals surface area contributed by atoms with E-state index in [1.807, 2.05) is 0 Å². The van der Waals surface area contributed by atoms with Gasteiger partial charge in [-0.1, -0.05) is 0 Å². The van der Waals surface area contributed by atoms with Crippen molar-refractivity contribution in [3.05, 3.63) is 0 Å². The third-order valence-corrected chi connectivity index (χ3v) is 1.56. The van der Waals surface area contributed by atoms with E-state index >= 15 is 0 Å². The van der Waals surface area contributed by atoms with Gasteiger partial charge < -0.3 is 16.2 Å². The quantitative estimate of drug-likeness (QED) is 0.497. The molecule has 0 bridgehead atoms. The molecule has 12 heavy (non-hydrogen) atoms. The Hall–Kier alpha value is -1.10. The second kappa shape index (κ2) is 5.54. The normalized spacial score (nSPS) is 12.4. The molecule has 1 amide bonds. The van der Waals surface area contributed by atoms with E-state index in [-0.39, 0.29) is 6.42 Å². The Labute approximate surface area is 70.9 Å². The van der Waals surface area contributed by atoms with Crippen molar-refractivity contribution < 1.29 is 14.7 Å². The van der Waals surface area contributed by atoms with Crippen molar-refractivity contribution >= 4 is 11.9 Å². The fourth-order valence-corrected chi connectivity index (χ4v) is 0.872. The van der Waals surface area contributed by atoms with Gasteiger partial charge in [-0.05, 0) is 19.9 Å². The number of rotatable bonds is 6. The molecule has 1 atom stereocenters. The summed E-state index contributed by atoms with van der Waals surface area (Å²) >= 11 is 0. The highest BCUT2D eigenvalue weighted by Gasteiger charge is 2.13. The van der Waals surface area contributed by atoms with E-state index in [1.165, 1.54) is 0 Å². The maximum absolute atomic E-state index is 10.4. The lowest BCUT2D eigenvalue weighted by molar-refractivity contribution is -0.139. The zero-order chi connectivity index (χ0) is 9.56. The summed E-state index contributed by atoms with van der Waals surface area (Å²) in [5.74, 6) is -1.29. The summed E-state index contributed by atoms with van der Waals surface area (Å²) in [4.78, 5) is 20.7. The van der Waals surface area contributed by atoms with E-state index < -0.39 is 17.9 Å². The molecule has 0 spiro atoms.